The van der Waals surface area contributed by atoms with Gasteiger partial charge in [0.2, 0.25) is 0 Å². The van der Waals surface area contributed by atoms with Crippen LogP contribution >= 0.6 is 0 Å². The van der Waals surface area contributed by atoms with Crippen molar-refractivity contribution in [2.24, 2.45) is 5.92 Å². The van der Waals surface area contributed by atoms with Crippen molar-refractivity contribution in [3.8, 4) is 0 Å². The normalized spacial score (nSPS) is 19.2. The van der Waals surface area contributed by atoms with Crippen molar-refractivity contribution in [2.45, 2.75) is 12.8 Å². The van der Waals surface area contributed by atoms with E-state index < -0.39 is 0 Å². The summed E-state index contributed by atoms with van der Waals surface area (Å²) in [6.07, 6.45) is 3.61. The minimum atomic E-state index is -0.271. The van der Waals surface area contributed by atoms with Gasteiger partial charge in [-0.3, -0.25) is 0 Å². The predicted molar refractivity (Wildman–Crippen MR) is 83.4 cm³/mol. The first-order valence-corrected chi connectivity index (χ1v) is 7.54. The predicted octanol–water partition coefficient (Wildman–Crippen LogP) is 2.46. The number of hydrogen-bond donors (Lipinski definition) is 2. The van der Waals surface area contributed by atoms with Crippen LogP contribution in [0.15, 0.2) is 24.5 Å². The average Bonchev–Trinajstić information content (AvgIpc) is 2.92. The second-order valence-electron chi connectivity index (χ2n) is 5.87. The standard InChI is InChI=1S/C16H17FN4O/c17-11-3-4-12-13(6-11)20-15-14(12)16(19-9-18-15)21-5-1-2-10(7-21)8-22/h3-4,6,9-10,22H,1-2,5,7-8H2,(H,18,19,20)/t10-/m0/s1. The Morgan fingerprint density at radius 3 is 3.14 bits per heavy atom. The molecule has 1 aromatic carbocycles. The zero-order chi connectivity index (χ0) is 15.1. The maximum absolute atomic E-state index is 13.4. The average molecular weight is 300 g/mol. The van der Waals surface area contributed by atoms with Crippen LogP contribution in [0.25, 0.3) is 21.9 Å². The summed E-state index contributed by atoms with van der Waals surface area (Å²) in [4.78, 5) is 14.1. The van der Waals surface area contributed by atoms with E-state index in [-0.39, 0.29) is 18.3 Å². The van der Waals surface area contributed by atoms with Crippen molar-refractivity contribution in [3.05, 3.63) is 30.3 Å². The number of nitrogens with one attached hydrogen (secondary N) is 1. The second-order valence-corrected chi connectivity index (χ2v) is 5.87. The molecule has 0 saturated carbocycles. The summed E-state index contributed by atoms with van der Waals surface area (Å²) in [6.45, 7) is 1.90. The van der Waals surface area contributed by atoms with Gasteiger partial charge in [-0.2, -0.15) is 0 Å². The van der Waals surface area contributed by atoms with Crippen LogP contribution in [0.4, 0.5) is 10.2 Å². The molecule has 0 radical (unpaired) electrons. The number of benzene rings is 1. The number of aliphatic hydroxyl groups is 1. The number of halogens is 1. The molecule has 1 saturated heterocycles. The Kier molecular flexibility index (Phi) is 3.18. The van der Waals surface area contributed by atoms with Gasteiger partial charge in [-0.05, 0) is 37.0 Å². The SMILES string of the molecule is OC[C@H]1CCCN(c2ncnc3[nH]c4cc(F)ccc4c23)C1. The lowest BCUT2D eigenvalue weighted by atomic mass is 9.99. The van der Waals surface area contributed by atoms with Gasteiger partial charge >= 0.3 is 0 Å². The number of nitrogens with zero attached hydrogens (tertiary/aromatic N) is 3. The number of piperidine rings is 1. The Hall–Kier alpha value is -2.21. The van der Waals surface area contributed by atoms with E-state index >= 15 is 0 Å². The molecule has 3 heterocycles. The number of hydrogen-bond acceptors (Lipinski definition) is 4. The second kappa shape index (κ2) is 5.21. The first-order valence-electron chi connectivity index (χ1n) is 7.54. The third kappa shape index (κ3) is 2.11. The summed E-state index contributed by atoms with van der Waals surface area (Å²) >= 11 is 0. The van der Waals surface area contributed by atoms with E-state index in [1.807, 2.05) is 0 Å². The fourth-order valence-electron chi connectivity index (χ4n) is 3.33. The first kappa shape index (κ1) is 13.5. The molecule has 5 nitrogen and oxygen atoms in total. The Morgan fingerprint density at radius 1 is 1.36 bits per heavy atom. The number of rotatable bonds is 2. The van der Waals surface area contributed by atoms with Crippen LogP contribution < -0.4 is 4.90 Å². The summed E-state index contributed by atoms with van der Waals surface area (Å²) in [5.41, 5.74) is 1.45. The molecule has 0 bridgehead atoms. The fraction of sp³-hybridized carbons (Fsp3) is 0.375. The summed E-state index contributed by atoms with van der Waals surface area (Å²) in [5.74, 6) is 0.870. The van der Waals surface area contributed by atoms with Crippen molar-refractivity contribution in [1.82, 2.24) is 15.0 Å². The maximum atomic E-state index is 13.4. The smallest absolute Gasteiger partial charge is 0.143 e. The molecule has 0 unspecified atom stereocenters. The number of aromatic nitrogens is 3. The monoisotopic (exact) mass is 300 g/mol. The Labute approximate surface area is 126 Å². The molecule has 1 aliphatic heterocycles. The molecule has 3 aromatic rings. The van der Waals surface area contributed by atoms with Crippen molar-refractivity contribution in [3.63, 3.8) is 0 Å². The van der Waals surface area contributed by atoms with Crippen LogP contribution in [0.2, 0.25) is 0 Å². The van der Waals surface area contributed by atoms with Gasteiger partial charge in [-0.1, -0.05) is 0 Å². The van der Waals surface area contributed by atoms with Gasteiger partial charge in [0, 0.05) is 25.1 Å². The van der Waals surface area contributed by atoms with Gasteiger partial charge in [-0.25, -0.2) is 14.4 Å². The zero-order valence-corrected chi connectivity index (χ0v) is 12.1. The summed E-state index contributed by atoms with van der Waals surface area (Å²) in [5, 5.41) is 11.3. The van der Waals surface area contributed by atoms with Crippen molar-refractivity contribution in [2.75, 3.05) is 24.6 Å². The van der Waals surface area contributed by atoms with Crippen LogP contribution in [0, 0.1) is 11.7 Å². The van der Waals surface area contributed by atoms with Gasteiger partial charge in [-0.15, -0.1) is 0 Å². The molecule has 1 fully saturated rings. The van der Waals surface area contributed by atoms with Crippen molar-refractivity contribution < 1.29 is 9.50 Å². The number of fused-ring (bicyclic) bond motifs is 3. The lowest BCUT2D eigenvalue weighted by Crippen LogP contribution is -2.37. The summed E-state index contributed by atoms with van der Waals surface area (Å²) in [7, 11) is 0. The third-order valence-electron chi connectivity index (χ3n) is 4.41. The lowest BCUT2D eigenvalue weighted by molar-refractivity contribution is 0.208. The number of aliphatic hydroxyl groups excluding tert-OH is 1. The van der Waals surface area contributed by atoms with E-state index in [1.54, 1.807) is 6.07 Å². The first-order chi connectivity index (χ1) is 10.8. The Balaban J connectivity index is 1.88. The van der Waals surface area contributed by atoms with E-state index in [2.05, 4.69) is 19.9 Å². The Morgan fingerprint density at radius 2 is 2.27 bits per heavy atom. The molecule has 22 heavy (non-hydrogen) atoms. The van der Waals surface area contributed by atoms with Crippen LogP contribution in [0.1, 0.15) is 12.8 Å². The van der Waals surface area contributed by atoms with Crippen LogP contribution in [0.5, 0.6) is 0 Å². The van der Waals surface area contributed by atoms with Gasteiger partial charge in [0.1, 0.15) is 23.6 Å². The minimum Gasteiger partial charge on any atom is -0.396 e. The number of H-pyrrole nitrogens is 1. The lowest BCUT2D eigenvalue weighted by Gasteiger charge is -2.33. The van der Waals surface area contributed by atoms with Crippen molar-refractivity contribution in [1.29, 1.82) is 0 Å². The van der Waals surface area contributed by atoms with Gasteiger partial charge in [0.05, 0.1) is 10.9 Å². The van der Waals surface area contributed by atoms with Crippen LogP contribution in [0.3, 0.4) is 0 Å². The molecular weight excluding hydrogens is 283 g/mol. The molecule has 2 N–H and O–H groups in total. The minimum absolute atomic E-state index is 0.198. The summed E-state index contributed by atoms with van der Waals surface area (Å²) < 4.78 is 13.4. The largest absolute Gasteiger partial charge is 0.396 e. The van der Waals surface area contributed by atoms with Gasteiger partial charge in [0.25, 0.3) is 0 Å². The highest BCUT2D eigenvalue weighted by molar-refractivity contribution is 6.11. The molecule has 4 rings (SSSR count). The number of aromatic amines is 1. The molecule has 1 aliphatic rings. The number of anilines is 1. The van der Waals surface area contributed by atoms with E-state index in [1.165, 1.54) is 18.5 Å². The van der Waals surface area contributed by atoms with Crippen molar-refractivity contribution >= 4 is 27.8 Å². The van der Waals surface area contributed by atoms with Gasteiger partial charge in [0.15, 0.2) is 0 Å². The topological polar surface area (TPSA) is 65.0 Å². The van der Waals surface area contributed by atoms with Crippen LogP contribution in [-0.2, 0) is 0 Å². The highest BCUT2D eigenvalue weighted by atomic mass is 19.1. The molecule has 0 spiro atoms. The maximum Gasteiger partial charge on any atom is 0.143 e. The highest BCUT2D eigenvalue weighted by Gasteiger charge is 2.23. The molecule has 6 heteroatoms. The summed E-state index contributed by atoms with van der Waals surface area (Å²) in [6, 6.07) is 4.70. The van der Waals surface area contributed by atoms with E-state index in [0.717, 1.165) is 53.7 Å². The van der Waals surface area contributed by atoms with E-state index in [4.69, 9.17) is 0 Å². The molecule has 1 atom stereocenters. The quantitative estimate of drug-likeness (QED) is 0.763. The molecule has 2 aromatic heterocycles. The zero-order valence-electron chi connectivity index (χ0n) is 12.1. The van der Waals surface area contributed by atoms with Crippen LogP contribution in [-0.4, -0.2) is 39.8 Å². The molecule has 0 amide bonds. The molecule has 114 valence electrons. The highest BCUT2D eigenvalue weighted by Crippen LogP contribution is 2.33. The molecular formula is C16H17FN4O. The Bertz CT molecular complexity index is 831. The third-order valence-corrected chi connectivity index (χ3v) is 4.41. The van der Waals surface area contributed by atoms with E-state index in [0.29, 0.717) is 0 Å². The van der Waals surface area contributed by atoms with Gasteiger partial charge < -0.3 is 15.0 Å². The molecule has 0 aliphatic carbocycles. The fourth-order valence-corrected chi connectivity index (χ4v) is 3.33. The van der Waals surface area contributed by atoms with E-state index in [9.17, 15) is 9.50 Å².